The van der Waals surface area contributed by atoms with E-state index >= 15 is 0 Å². The number of fused-ring (bicyclic) bond motifs is 1. The lowest BCUT2D eigenvalue weighted by Gasteiger charge is -2.19. The minimum absolute atomic E-state index is 0.0759. The number of H-pyrrole nitrogens is 1. The van der Waals surface area contributed by atoms with Crippen molar-refractivity contribution in [3.05, 3.63) is 117 Å². The summed E-state index contributed by atoms with van der Waals surface area (Å²) in [6.45, 7) is 7.17. The van der Waals surface area contributed by atoms with E-state index in [-0.39, 0.29) is 16.7 Å². The third-order valence-corrected chi connectivity index (χ3v) is 7.60. The number of benzene rings is 3. The van der Waals surface area contributed by atoms with Crippen molar-refractivity contribution in [3.63, 3.8) is 0 Å². The normalized spacial score (nSPS) is 11.8. The first kappa shape index (κ1) is 28.0. The summed E-state index contributed by atoms with van der Waals surface area (Å²) in [5.74, 6) is 1.38. The number of aromatic nitrogens is 8. The quantitative estimate of drug-likeness (QED) is 0.284. The predicted octanol–water partition coefficient (Wildman–Crippen LogP) is 4.62. The molecule has 10 nitrogen and oxygen atoms in total. The van der Waals surface area contributed by atoms with Crippen molar-refractivity contribution in [2.75, 3.05) is 0 Å². The Balaban J connectivity index is 1.40. The lowest BCUT2D eigenvalue weighted by molar-refractivity contribution is 0.394. The smallest absolute Gasteiger partial charge is 0.318 e. The topological polar surface area (TPSA) is 116 Å². The Labute approximate surface area is 248 Å². The van der Waals surface area contributed by atoms with Crippen LogP contribution in [0.1, 0.15) is 37.7 Å². The lowest BCUT2D eigenvalue weighted by Crippen LogP contribution is -2.40. The van der Waals surface area contributed by atoms with Gasteiger partial charge in [0.15, 0.2) is 17.0 Å². The van der Waals surface area contributed by atoms with Gasteiger partial charge in [0.1, 0.15) is 5.82 Å². The third-order valence-electron chi connectivity index (χ3n) is 7.60. The van der Waals surface area contributed by atoms with Crippen LogP contribution < -0.4 is 11.2 Å². The second-order valence-electron chi connectivity index (χ2n) is 12.1. The van der Waals surface area contributed by atoms with Crippen LogP contribution in [0.25, 0.3) is 33.7 Å². The zero-order valence-corrected chi connectivity index (χ0v) is 24.8. The Bertz CT molecular complexity index is 2000. The van der Waals surface area contributed by atoms with Crippen LogP contribution in [-0.2, 0) is 33.0 Å². The second kappa shape index (κ2) is 11.3. The van der Waals surface area contributed by atoms with E-state index in [1.54, 1.807) is 7.05 Å². The minimum Gasteiger partial charge on any atom is -0.318 e. The Morgan fingerprint density at radius 1 is 0.814 bits per heavy atom. The van der Waals surface area contributed by atoms with Crippen LogP contribution in [-0.4, -0.2) is 39.3 Å². The van der Waals surface area contributed by atoms with E-state index in [9.17, 15) is 9.59 Å². The molecule has 0 aliphatic heterocycles. The Kier molecular flexibility index (Phi) is 7.35. The number of nitrogens with one attached hydrogen (secondary N) is 1. The summed E-state index contributed by atoms with van der Waals surface area (Å²) in [5, 5.41) is 14.4. The number of tetrazole rings is 1. The van der Waals surface area contributed by atoms with Crippen LogP contribution in [0, 0.1) is 5.41 Å². The van der Waals surface area contributed by atoms with Gasteiger partial charge in [0.05, 0.1) is 0 Å². The molecule has 0 atom stereocenters. The van der Waals surface area contributed by atoms with Gasteiger partial charge in [-0.05, 0) is 44.5 Å². The van der Waals surface area contributed by atoms with Gasteiger partial charge < -0.3 is 4.57 Å². The van der Waals surface area contributed by atoms with Gasteiger partial charge in [-0.15, -0.1) is 5.10 Å². The second-order valence-corrected chi connectivity index (χ2v) is 12.1. The maximum absolute atomic E-state index is 14.0. The van der Waals surface area contributed by atoms with Gasteiger partial charge in [-0.2, -0.15) is 0 Å². The van der Waals surface area contributed by atoms with Gasteiger partial charge in [-0.1, -0.05) is 99.6 Å². The van der Waals surface area contributed by atoms with Crippen molar-refractivity contribution in [1.29, 1.82) is 0 Å². The standard InChI is InChI=1S/C33H34N8O2/c1-33(2,3)20-27-34-30-28(31(42)40(32(43)39(30)4)19-18-22-10-6-5-7-11-22)41(27)21-23-14-16-24(17-15-23)25-12-8-9-13-26(25)29-35-37-38-36-29/h5-17H,18-21H2,1-4H3,(H,35,36,37,38). The van der Waals surface area contributed by atoms with E-state index in [0.717, 1.165) is 33.6 Å². The monoisotopic (exact) mass is 574 g/mol. The number of nitrogens with zero attached hydrogens (tertiary/aromatic N) is 7. The number of hydrogen-bond acceptors (Lipinski definition) is 6. The van der Waals surface area contributed by atoms with Crippen molar-refractivity contribution in [2.24, 2.45) is 12.5 Å². The first-order valence-corrected chi connectivity index (χ1v) is 14.3. The fourth-order valence-electron chi connectivity index (χ4n) is 5.47. The van der Waals surface area contributed by atoms with Crippen molar-refractivity contribution >= 4 is 11.2 Å². The molecule has 0 spiro atoms. The highest BCUT2D eigenvalue weighted by Crippen LogP contribution is 2.30. The average molecular weight is 575 g/mol. The molecule has 0 unspecified atom stereocenters. The molecule has 0 aliphatic rings. The minimum atomic E-state index is -0.356. The van der Waals surface area contributed by atoms with Gasteiger partial charge >= 0.3 is 5.69 Å². The van der Waals surface area contributed by atoms with Crippen LogP contribution in [0.5, 0.6) is 0 Å². The summed E-state index contributed by atoms with van der Waals surface area (Å²) in [5.41, 5.74) is 5.13. The summed E-state index contributed by atoms with van der Waals surface area (Å²) < 4.78 is 4.83. The molecule has 6 rings (SSSR count). The molecule has 0 saturated carbocycles. The molecule has 3 aromatic heterocycles. The largest absolute Gasteiger partial charge is 0.332 e. The van der Waals surface area contributed by atoms with Crippen molar-refractivity contribution in [1.82, 2.24) is 39.3 Å². The maximum atomic E-state index is 14.0. The van der Waals surface area contributed by atoms with Gasteiger partial charge in [0, 0.05) is 32.1 Å². The van der Waals surface area contributed by atoms with Crippen molar-refractivity contribution in [3.8, 4) is 22.5 Å². The summed E-state index contributed by atoms with van der Waals surface area (Å²) in [7, 11) is 1.69. The molecular weight excluding hydrogens is 540 g/mol. The average Bonchev–Trinajstić information content (AvgIpc) is 3.65. The van der Waals surface area contributed by atoms with E-state index in [1.807, 2.05) is 59.2 Å². The highest BCUT2D eigenvalue weighted by atomic mass is 16.2. The first-order valence-electron chi connectivity index (χ1n) is 14.3. The number of rotatable bonds is 8. The molecule has 6 aromatic rings. The summed E-state index contributed by atoms with van der Waals surface area (Å²) >= 11 is 0. The van der Waals surface area contributed by atoms with Crippen LogP contribution in [0.15, 0.2) is 88.5 Å². The lowest BCUT2D eigenvalue weighted by atomic mass is 9.92. The molecule has 10 heteroatoms. The molecule has 218 valence electrons. The van der Waals surface area contributed by atoms with E-state index in [0.29, 0.717) is 42.9 Å². The van der Waals surface area contributed by atoms with Gasteiger partial charge in [0.2, 0.25) is 0 Å². The van der Waals surface area contributed by atoms with E-state index in [2.05, 4.69) is 65.7 Å². The van der Waals surface area contributed by atoms with Crippen molar-refractivity contribution < 1.29 is 0 Å². The predicted molar refractivity (Wildman–Crippen MR) is 167 cm³/mol. The summed E-state index contributed by atoms with van der Waals surface area (Å²) in [4.78, 5) is 32.2. The zero-order chi connectivity index (χ0) is 30.1. The molecule has 0 saturated heterocycles. The van der Waals surface area contributed by atoms with Crippen LogP contribution in [0.2, 0.25) is 0 Å². The molecule has 3 heterocycles. The van der Waals surface area contributed by atoms with E-state index in [1.165, 1.54) is 9.13 Å². The molecule has 43 heavy (non-hydrogen) atoms. The number of hydrogen-bond donors (Lipinski definition) is 1. The fraction of sp³-hybridized carbons (Fsp3) is 0.273. The number of aromatic amines is 1. The molecule has 0 amide bonds. The van der Waals surface area contributed by atoms with Crippen LogP contribution in [0.3, 0.4) is 0 Å². The first-order chi connectivity index (χ1) is 20.7. The summed E-state index contributed by atoms with van der Waals surface area (Å²) in [6, 6.07) is 26.1. The number of aryl methyl sites for hydroxylation is 2. The molecule has 1 N–H and O–H groups in total. The maximum Gasteiger partial charge on any atom is 0.332 e. The molecule has 0 fully saturated rings. The molecule has 0 radical (unpaired) electrons. The Morgan fingerprint density at radius 3 is 2.19 bits per heavy atom. The fourth-order valence-corrected chi connectivity index (χ4v) is 5.47. The highest BCUT2D eigenvalue weighted by molar-refractivity contribution is 5.80. The highest BCUT2D eigenvalue weighted by Gasteiger charge is 2.24. The molecule has 3 aromatic carbocycles. The van der Waals surface area contributed by atoms with E-state index < -0.39 is 0 Å². The van der Waals surface area contributed by atoms with E-state index in [4.69, 9.17) is 4.98 Å². The van der Waals surface area contributed by atoms with Crippen LogP contribution >= 0.6 is 0 Å². The van der Waals surface area contributed by atoms with Gasteiger partial charge in [0.25, 0.3) is 5.56 Å². The SMILES string of the molecule is Cn1c(=O)n(CCc2ccccc2)c(=O)c2c1nc(CC(C)(C)C)n2Cc1ccc(-c2ccccc2-c2nnn[nH]2)cc1. The zero-order valence-electron chi connectivity index (χ0n) is 24.8. The van der Waals surface area contributed by atoms with Crippen LogP contribution in [0.4, 0.5) is 0 Å². The summed E-state index contributed by atoms with van der Waals surface area (Å²) in [6.07, 6.45) is 1.23. The Morgan fingerprint density at radius 2 is 1.51 bits per heavy atom. The van der Waals surface area contributed by atoms with Crippen molar-refractivity contribution in [2.45, 2.75) is 46.7 Å². The molecule has 0 bridgehead atoms. The molecular formula is C33H34N8O2. The third kappa shape index (κ3) is 5.68. The van der Waals surface area contributed by atoms with Gasteiger partial charge in [-0.3, -0.25) is 13.9 Å². The number of imidazole rings is 1. The molecule has 0 aliphatic carbocycles. The Hall–Kier alpha value is -5.12. The van der Waals surface area contributed by atoms with Gasteiger partial charge in [-0.25, -0.2) is 14.9 Å².